The molecule has 0 aliphatic carbocycles. The van der Waals surface area contributed by atoms with Gasteiger partial charge in [0.05, 0.1) is 24.4 Å². The van der Waals surface area contributed by atoms with E-state index in [1.54, 1.807) is 30.4 Å². The van der Waals surface area contributed by atoms with E-state index in [1.807, 2.05) is 24.3 Å². The fourth-order valence-electron chi connectivity index (χ4n) is 3.49. The molecule has 0 saturated carbocycles. The number of likely N-dealkylation sites (N-methyl/N-ethyl adjacent to an activating group) is 1. The predicted octanol–water partition coefficient (Wildman–Crippen LogP) is 1.23. The van der Waals surface area contributed by atoms with Crippen LogP contribution in [0.4, 0.5) is 0 Å². The number of aromatic nitrogens is 1. The lowest BCUT2D eigenvalue weighted by molar-refractivity contribution is 0.0683. The molecule has 0 bridgehead atoms. The van der Waals surface area contributed by atoms with Crippen molar-refractivity contribution < 1.29 is 17.9 Å². The van der Waals surface area contributed by atoms with Crippen LogP contribution in [-0.4, -0.2) is 67.1 Å². The summed E-state index contributed by atoms with van der Waals surface area (Å²) < 4.78 is 31.3. The van der Waals surface area contributed by atoms with Gasteiger partial charge in [0.2, 0.25) is 10.0 Å². The molecule has 8 heteroatoms. The Hall–Kier alpha value is -2.45. The van der Waals surface area contributed by atoms with E-state index in [0.717, 1.165) is 11.1 Å². The van der Waals surface area contributed by atoms with Crippen LogP contribution in [-0.2, 0) is 10.0 Å². The average molecular weight is 373 g/mol. The number of carbonyl (C=O) groups is 1. The van der Waals surface area contributed by atoms with Crippen LogP contribution in [0.15, 0.2) is 42.7 Å². The number of sulfonamides is 1. The topological polar surface area (TPSA) is 79.8 Å². The number of hydrogen-bond donors (Lipinski definition) is 0. The molecule has 1 fully saturated rings. The molecule has 0 N–H and O–H groups in total. The number of ether oxygens (including phenoxy) is 1. The monoisotopic (exact) mass is 373 g/mol. The molecule has 2 atom stereocenters. The van der Waals surface area contributed by atoms with Crippen molar-refractivity contribution in [1.29, 1.82) is 0 Å². The SMILES string of the molecule is CN1C(=O)c2ccc(-c3cccnc3)cc2O[C@H]2CN(S(C)(=O)=O)C[C@H]21. The van der Waals surface area contributed by atoms with E-state index in [-0.39, 0.29) is 25.0 Å². The van der Waals surface area contributed by atoms with Crippen molar-refractivity contribution in [2.45, 2.75) is 12.1 Å². The zero-order valence-corrected chi connectivity index (χ0v) is 15.3. The van der Waals surface area contributed by atoms with Crippen LogP contribution in [0.5, 0.6) is 5.75 Å². The molecule has 0 radical (unpaired) electrons. The van der Waals surface area contributed by atoms with Gasteiger partial charge in [-0.2, -0.15) is 4.31 Å². The van der Waals surface area contributed by atoms with Crippen LogP contribution in [0.3, 0.4) is 0 Å². The summed E-state index contributed by atoms with van der Waals surface area (Å²) in [7, 11) is -1.64. The number of rotatable bonds is 2. The average Bonchev–Trinajstić information content (AvgIpc) is 3.02. The summed E-state index contributed by atoms with van der Waals surface area (Å²) in [5, 5.41) is 0. The van der Waals surface area contributed by atoms with Crippen LogP contribution in [0.2, 0.25) is 0 Å². The van der Waals surface area contributed by atoms with Crippen molar-refractivity contribution in [3.05, 3.63) is 48.3 Å². The van der Waals surface area contributed by atoms with Gasteiger partial charge in [-0.3, -0.25) is 9.78 Å². The van der Waals surface area contributed by atoms with E-state index in [9.17, 15) is 13.2 Å². The summed E-state index contributed by atoms with van der Waals surface area (Å²) >= 11 is 0. The molecule has 0 spiro atoms. The minimum Gasteiger partial charge on any atom is -0.486 e. The highest BCUT2D eigenvalue weighted by molar-refractivity contribution is 7.88. The van der Waals surface area contributed by atoms with Gasteiger partial charge >= 0.3 is 0 Å². The molecular formula is C18H19N3O4S. The Balaban J connectivity index is 1.73. The van der Waals surface area contributed by atoms with E-state index in [1.165, 1.54) is 10.6 Å². The highest BCUT2D eigenvalue weighted by Gasteiger charge is 2.44. The Labute approximate surface area is 152 Å². The first-order chi connectivity index (χ1) is 12.3. The summed E-state index contributed by atoms with van der Waals surface area (Å²) in [6.45, 7) is 0.479. The van der Waals surface area contributed by atoms with Gasteiger partial charge in [0.1, 0.15) is 11.9 Å². The first-order valence-corrected chi connectivity index (χ1v) is 10.1. The number of carbonyl (C=O) groups excluding carboxylic acids is 1. The van der Waals surface area contributed by atoms with E-state index < -0.39 is 16.1 Å². The molecule has 2 aromatic rings. The van der Waals surface area contributed by atoms with Crippen molar-refractivity contribution in [3.63, 3.8) is 0 Å². The van der Waals surface area contributed by atoms with Gasteiger partial charge in [0.25, 0.3) is 5.91 Å². The van der Waals surface area contributed by atoms with Crippen molar-refractivity contribution in [2.75, 3.05) is 26.4 Å². The van der Waals surface area contributed by atoms with Crippen LogP contribution in [0.25, 0.3) is 11.1 Å². The van der Waals surface area contributed by atoms with Crippen LogP contribution in [0, 0.1) is 0 Å². The normalized spacial score (nSPS) is 23.2. The summed E-state index contributed by atoms with van der Waals surface area (Å²) in [4.78, 5) is 18.6. The van der Waals surface area contributed by atoms with Crippen molar-refractivity contribution >= 4 is 15.9 Å². The van der Waals surface area contributed by atoms with Crippen molar-refractivity contribution in [2.24, 2.45) is 0 Å². The highest BCUT2D eigenvalue weighted by Crippen LogP contribution is 2.34. The lowest BCUT2D eigenvalue weighted by Crippen LogP contribution is -2.44. The molecule has 1 aromatic carbocycles. The van der Waals surface area contributed by atoms with Gasteiger partial charge in [-0.1, -0.05) is 12.1 Å². The van der Waals surface area contributed by atoms with Gasteiger partial charge in [-0.25, -0.2) is 8.42 Å². The van der Waals surface area contributed by atoms with Gasteiger partial charge in [-0.05, 0) is 23.8 Å². The van der Waals surface area contributed by atoms with Gasteiger partial charge in [0, 0.05) is 31.5 Å². The van der Waals surface area contributed by atoms with E-state index in [4.69, 9.17) is 4.74 Å². The van der Waals surface area contributed by atoms with E-state index in [0.29, 0.717) is 11.3 Å². The summed E-state index contributed by atoms with van der Waals surface area (Å²) in [6, 6.07) is 8.91. The lowest BCUT2D eigenvalue weighted by atomic mass is 10.0. The molecule has 136 valence electrons. The maximum absolute atomic E-state index is 12.8. The first kappa shape index (κ1) is 17.0. The van der Waals surface area contributed by atoms with Crippen molar-refractivity contribution in [3.8, 4) is 16.9 Å². The third-order valence-electron chi connectivity index (χ3n) is 4.98. The Morgan fingerprint density at radius 1 is 1.19 bits per heavy atom. The quantitative estimate of drug-likeness (QED) is 0.791. The molecule has 7 nitrogen and oxygen atoms in total. The number of amides is 1. The summed E-state index contributed by atoms with van der Waals surface area (Å²) in [6.07, 6.45) is 4.22. The van der Waals surface area contributed by atoms with Crippen LogP contribution in [0.1, 0.15) is 10.4 Å². The van der Waals surface area contributed by atoms with Gasteiger partial charge in [-0.15, -0.1) is 0 Å². The minimum absolute atomic E-state index is 0.166. The second-order valence-electron chi connectivity index (χ2n) is 6.67. The number of pyridine rings is 1. The van der Waals surface area contributed by atoms with Crippen molar-refractivity contribution in [1.82, 2.24) is 14.2 Å². The largest absolute Gasteiger partial charge is 0.486 e. The Kier molecular flexibility index (Phi) is 3.96. The first-order valence-electron chi connectivity index (χ1n) is 8.28. The second-order valence-corrected chi connectivity index (χ2v) is 8.65. The lowest BCUT2D eigenvalue weighted by Gasteiger charge is -2.25. The van der Waals surface area contributed by atoms with E-state index >= 15 is 0 Å². The van der Waals surface area contributed by atoms with Crippen LogP contribution >= 0.6 is 0 Å². The molecule has 1 aromatic heterocycles. The standard InChI is InChI=1S/C18H19N3O4S/c1-20-15-10-21(26(2,23)24)11-17(15)25-16-8-12(5-6-14(16)18(20)22)13-4-3-7-19-9-13/h3-9,15,17H,10-11H2,1-2H3/t15-,17+/m1/s1. The van der Waals surface area contributed by atoms with Gasteiger partial charge < -0.3 is 9.64 Å². The third kappa shape index (κ3) is 2.85. The highest BCUT2D eigenvalue weighted by atomic mass is 32.2. The summed E-state index contributed by atoms with van der Waals surface area (Å²) in [5.41, 5.74) is 2.30. The summed E-state index contributed by atoms with van der Waals surface area (Å²) in [5.74, 6) is 0.312. The maximum atomic E-state index is 12.8. The fourth-order valence-corrected chi connectivity index (χ4v) is 4.34. The zero-order chi connectivity index (χ0) is 18.5. The molecule has 26 heavy (non-hydrogen) atoms. The molecule has 4 rings (SSSR count). The Morgan fingerprint density at radius 3 is 2.69 bits per heavy atom. The Bertz CT molecular complexity index is 962. The number of benzene rings is 1. The molecular weight excluding hydrogens is 354 g/mol. The molecule has 2 aliphatic heterocycles. The molecule has 2 aliphatic rings. The second kappa shape index (κ2) is 6.07. The van der Waals surface area contributed by atoms with Gasteiger partial charge in [0.15, 0.2) is 0 Å². The zero-order valence-electron chi connectivity index (χ0n) is 14.5. The molecule has 0 unspecified atom stereocenters. The smallest absolute Gasteiger partial charge is 0.257 e. The number of hydrogen-bond acceptors (Lipinski definition) is 5. The molecule has 3 heterocycles. The van der Waals surface area contributed by atoms with E-state index in [2.05, 4.69) is 4.98 Å². The molecule has 1 amide bonds. The maximum Gasteiger partial charge on any atom is 0.257 e. The van der Waals surface area contributed by atoms with Crippen LogP contribution < -0.4 is 4.74 Å². The third-order valence-corrected chi connectivity index (χ3v) is 6.21. The Morgan fingerprint density at radius 2 is 2.00 bits per heavy atom. The number of fused-ring (bicyclic) bond motifs is 2. The fraction of sp³-hybridized carbons (Fsp3) is 0.333. The minimum atomic E-state index is -3.34. The predicted molar refractivity (Wildman–Crippen MR) is 96.4 cm³/mol. The number of nitrogens with zero attached hydrogens (tertiary/aromatic N) is 3. The molecule has 1 saturated heterocycles.